The van der Waals surface area contributed by atoms with Gasteiger partial charge in [0.15, 0.2) is 0 Å². The van der Waals surface area contributed by atoms with Crippen molar-refractivity contribution in [3.8, 4) is 0 Å². The van der Waals surface area contributed by atoms with Crippen LogP contribution in [0.2, 0.25) is 0 Å². The SMILES string of the molecule is C=C(Cl)CNC(C)C(=O)O. The maximum Gasteiger partial charge on any atom is 0.320 e. The Kier molecular flexibility index (Phi) is 4.07. The Hall–Kier alpha value is -0.540. The van der Waals surface area contributed by atoms with Crippen LogP contribution in [0, 0.1) is 0 Å². The van der Waals surface area contributed by atoms with Crippen LogP contribution in [0.4, 0.5) is 0 Å². The van der Waals surface area contributed by atoms with Crippen molar-refractivity contribution in [2.24, 2.45) is 0 Å². The molecule has 2 N–H and O–H groups in total. The molecule has 1 unspecified atom stereocenters. The van der Waals surface area contributed by atoms with Gasteiger partial charge in [-0.1, -0.05) is 18.2 Å². The number of carbonyl (C=O) groups is 1. The van der Waals surface area contributed by atoms with E-state index >= 15 is 0 Å². The molecular weight excluding hydrogens is 154 g/mol. The highest BCUT2D eigenvalue weighted by atomic mass is 35.5. The van der Waals surface area contributed by atoms with Crippen LogP contribution in [0.15, 0.2) is 11.6 Å². The summed E-state index contributed by atoms with van der Waals surface area (Å²) >= 11 is 5.38. The molecule has 4 heteroatoms. The number of carboxylic acids is 1. The molecule has 58 valence electrons. The summed E-state index contributed by atoms with van der Waals surface area (Å²) in [4.78, 5) is 10.2. The maximum atomic E-state index is 10.2. The van der Waals surface area contributed by atoms with Gasteiger partial charge in [0.1, 0.15) is 6.04 Å². The van der Waals surface area contributed by atoms with Crippen LogP contribution in [0.1, 0.15) is 6.92 Å². The third kappa shape index (κ3) is 4.35. The van der Waals surface area contributed by atoms with E-state index in [-0.39, 0.29) is 0 Å². The first kappa shape index (κ1) is 9.46. The van der Waals surface area contributed by atoms with E-state index < -0.39 is 12.0 Å². The lowest BCUT2D eigenvalue weighted by Crippen LogP contribution is -2.34. The van der Waals surface area contributed by atoms with Gasteiger partial charge in [-0.15, -0.1) is 0 Å². The third-order valence-corrected chi connectivity index (χ3v) is 1.10. The van der Waals surface area contributed by atoms with Crippen LogP contribution in [-0.4, -0.2) is 23.7 Å². The lowest BCUT2D eigenvalue weighted by atomic mass is 10.3. The van der Waals surface area contributed by atoms with Gasteiger partial charge in [-0.2, -0.15) is 0 Å². The summed E-state index contributed by atoms with van der Waals surface area (Å²) in [6, 6.07) is -0.574. The zero-order valence-electron chi connectivity index (χ0n) is 5.72. The maximum absolute atomic E-state index is 10.2. The number of nitrogens with one attached hydrogen (secondary N) is 1. The summed E-state index contributed by atoms with van der Waals surface area (Å²) in [6.45, 7) is 5.27. The van der Waals surface area contributed by atoms with Crippen molar-refractivity contribution in [2.45, 2.75) is 13.0 Å². The molecule has 3 nitrogen and oxygen atoms in total. The Morgan fingerprint density at radius 1 is 1.90 bits per heavy atom. The van der Waals surface area contributed by atoms with Crippen LogP contribution in [0.25, 0.3) is 0 Å². The highest BCUT2D eigenvalue weighted by Crippen LogP contribution is 1.93. The third-order valence-electron chi connectivity index (χ3n) is 0.970. The second-order valence-electron chi connectivity index (χ2n) is 1.96. The van der Waals surface area contributed by atoms with E-state index in [4.69, 9.17) is 16.7 Å². The highest BCUT2D eigenvalue weighted by Gasteiger charge is 2.08. The first-order valence-electron chi connectivity index (χ1n) is 2.83. The molecule has 0 rings (SSSR count). The van der Waals surface area contributed by atoms with Gasteiger partial charge in [0.2, 0.25) is 0 Å². The monoisotopic (exact) mass is 163 g/mol. The summed E-state index contributed by atoms with van der Waals surface area (Å²) in [5.74, 6) is -0.891. The minimum absolute atomic E-state index is 0.328. The summed E-state index contributed by atoms with van der Waals surface area (Å²) < 4.78 is 0. The van der Waals surface area contributed by atoms with Crippen LogP contribution in [-0.2, 0) is 4.79 Å². The smallest absolute Gasteiger partial charge is 0.320 e. The molecule has 0 spiro atoms. The molecule has 0 saturated carbocycles. The largest absolute Gasteiger partial charge is 0.480 e. The van der Waals surface area contributed by atoms with Crippen molar-refractivity contribution < 1.29 is 9.90 Å². The molecule has 0 bridgehead atoms. The van der Waals surface area contributed by atoms with E-state index in [0.29, 0.717) is 11.6 Å². The Morgan fingerprint density at radius 3 is 2.70 bits per heavy atom. The fourth-order valence-electron chi connectivity index (χ4n) is 0.351. The van der Waals surface area contributed by atoms with Crippen molar-refractivity contribution in [1.82, 2.24) is 5.32 Å². The molecule has 0 aromatic rings. The molecule has 1 atom stereocenters. The van der Waals surface area contributed by atoms with Crippen molar-refractivity contribution in [3.63, 3.8) is 0 Å². The second kappa shape index (κ2) is 4.30. The summed E-state index contributed by atoms with van der Waals surface area (Å²) in [5, 5.41) is 11.4. The molecule has 0 fully saturated rings. The first-order valence-corrected chi connectivity index (χ1v) is 3.21. The molecule has 0 heterocycles. The summed E-state index contributed by atoms with van der Waals surface area (Å²) in [5.41, 5.74) is 0. The van der Waals surface area contributed by atoms with E-state index in [1.54, 1.807) is 6.92 Å². The van der Waals surface area contributed by atoms with Crippen molar-refractivity contribution in [2.75, 3.05) is 6.54 Å². The number of rotatable bonds is 4. The van der Waals surface area contributed by atoms with Gasteiger partial charge < -0.3 is 5.11 Å². The molecule has 0 saturated heterocycles. The van der Waals surface area contributed by atoms with Crippen molar-refractivity contribution >= 4 is 17.6 Å². The predicted molar refractivity (Wildman–Crippen MR) is 40.1 cm³/mol. The van der Waals surface area contributed by atoms with Gasteiger partial charge in [-0.25, -0.2) is 0 Å². The Morgan fingerprint density at radius 2 is 2.40 bits per heavy atom. The normalized spacial score (nSPS) is 12.6. The summed E-state index contributed by atoms with van der Waals surface area (Å²) in [7, 11) is 0. The van der Waals surface area contributed by atoms with Crippen molar-refractivity contribution in [3.05, 3.63) is 11.6 Å². The standard InChI is InChI=1S/C6H10ClNO2/c1-4(7)3-8-5(2)6(9)10/h5,8H,1,3H2,2H3,(H,9,10). The Bertz CT molecular complexity index is 147. The molecule has 0 radical (unpaired) electrons. The van der Waals surface area contributed by atoms with E-state index in [1.807, 2.05) is 0 Å². The first-order chi connectivity index (χ1) is 4.54. The van der Waals surface area contributed by atoms with E-state index in [0.717, 1.165) is 0 Å². The minimum atomic E-state index is -0.891. The average Bonchev–Trinajstić information content (AvgIpc) is 1.82. The minimum Gasteiger partial charge on any atom is -0.480 e. The average molecular weight is 164 g/mol. The van der Waals surface area contributed by atoms with Gasteiger partial charge in [0.05, 0.1) is 0 Å². The van der Waals surface area contributed by atoms with E-state index in [1.165, 1.54) is 0 Å². The number of halogens is 1. The van der Waals surface area contributed by atoms with Crippen LogP contribution < -0.4 is 5.32 Å². The summed E-state index contributed by atoms with van der Waals surface area (Å²) in [6.07, 6.45) is 0. The quantitative estimate of drug-likeness (QED) is 0.645. The zero-order valence-corrected chi connectivity index (χ0v) is 6.48. The van der Waals surface area contributed by atoms with Gasteiger partial charge in [-0.3, -0.25) is 10.1 Å². The lowest BCUT2D eigenvalue weighted by Gasteiger charge is -2.06. The molecule has 0 aromatic heterocycles. The van der Waals surface area contributed by atoms with Gasteiger partial charge in [0, 0.05) is 11.6 Å². The predicted octanol–water partition coefficient (Wildman–Crippen LogP) is 0.802. The Labute approximate surface area is 64.7 Å². The number of hydrogen-bond acceptors (Lipinski definition) is 2. The molecule has 0 aliphatic carbocycles. The number of carboxylic acid groups (broad SMARTS) is 1. The van der Waals surface area contributed by atoms with E-state index in [2.05, 4.69) is 11.9 Å². The number of aliphatic carboxylic acids is 1. The van der Waals surface area contributed by atoms with Gasteiger partial charge in [0.25, 0.3) is 0 Å². The lowest BCUT2D eigenvalue weighted by molar-refractivity contribution is -0.138. The van der Waals surface area contributed by atoms with Crippen LogP contribution in [0.3, 0.4) is 0 Å². The second-order valence-corrected chi connectivity index (χ2v) is 2.49. The molecule has 0 aliphatic rings. The van der Waals surface area contributed by atoms with Crippen molar-refractivity contribution in [1.29, 1.82) is 0 Å². The van der Waals surface area contributed by atoms with E-state index in [9.17, 15) is 4.79 Å². The Balaban J connectivity index is 3.49. The fraction of sp³-hybridized carbons (Fsp3) is 0.500. The highest BCUT2D eigenvalue weighted by molar-refractivity contribution is 6.29. The van der Waals surface area contributed by atoms with Crippen LogP contribution in [0.5, 0.6) is 0 Å². The molecule has 0 aromatic carbocycles. The van der Waals surface area contributed by atoms with Gasteiger partial charge in [-0.05, 0) is 6.92 Å². The number of hydrogen-bond donors (Lipinski definition) is 2. The van der Waals surface area contributed by atoms with Gasteiger partial charge >= 0.3 is 5.97 Å². The molecule has 10 heavy (non-hydrogen) atoms. The topological polar surface area (TPSA) is 49.3 Å². The fourth-order valence-corrected chi connectivity index (χ4v) is 0.428. The molecular formula is C6H10ClNO2. The zero-order chi connectivity index (χ0) is 8.15. The molecule has 0 aliphatic heterocycles. The molecule has 0 amide bonds. The van der Waals surface area contributed by atoms with Crippen LogP contribution >= 0.6 is 11.6 Å².